The second kappa shape index (κ2) is 6.66. The Morgan fingerprint density at radius 1 is 1.24 bits per heavy atom. The smallest absolute Gasteiger partial charge is 0.233 e. The lowest BCUT2D eigenvalue weighted by Gasteiger charge is -2.46. The van der Waals surface area contributed by atoms with E-state index in [0.29, 0.717) is 11.8 Å². The van der Waals surface area contributed by atoms with Crippen LogP contribution < -0.4 is 0 Å². The van der Waals surface area contributed by atoms with Gasteiger partial charge in [0.05, 0.1) is 5.41 Å². The molecule has 1 amide bonds. The highest BCUT2D eigenvalue weighted by molar-refractivity contribution is 5.89. The minimum absolute atomic E-state index is 0.258. The number of aromatic nitrogens is 2. The zero-order valence-corrected chi connectivity index (χ0v) is 15.0. The summed E-state index contributed by atoms with van der Waals surface area (Å²) in [6.07, 6.45) is 10.3. The van der Waals surface area contributed by atoms with Gasteiger partial charge in [-0.05, 0) is 37.2 Å². The Labute approximate surface area is 149 Å². The summed E-state index contributed by atoms with van der Waals surface area (Å²) in [7, 11) is 2.05. The number of rotatable bonds is 4. The van der Waals surface area contributed by atoms with Crippen molar-refractivity contribution in [2.24, 2.45) is 13.0 Å². The van der Waals surface area contributed by atoms with Gasteiger partial charge in [0.1, 0.15) is 5.82 Å². The van der Waals surface area contributed by atoms with Gasteiger partial charge in [0.25, 0.3) is 0 Å². The van der Waals surface area contributed by atoms with Crippen LogP contribution in [0.2, 0.25) is 0 Å². The second-order valence-electron chi connectivity index (χ2n) is 7.72. The molecular weight excluding hydrogens is 310 g/mol. The Morgan fingerprint density at radius 2 is 2.04 bits per heavy atom. The monoisotopic (exact) mass is 337 g/mol. The zero-order valence-electron chi connectivity index (χ0n) is 15.0. The molecule has 132 valence electrons. The largest absolute Gasteiger partial charge is 0.342 e. The minimum atomic E-state index is -0.258. The van der Waals surface area contributed by atoms with Crippen molar-refractivity contribution in [3.63, 3.8) is 0 Å². The Kier molecular flexibility index (Phi) is 4.36. The molecule has 2 aromatic rings. The number of carbonyl (C=O) groups is 1. The Morgan fingerprint density at radius 3 is 2.68 bits per heavy atom. The molecule has 1 aliphatic heterocycles. The van der Waals surface area contributed by atoms with Crippen molar-refractivity contribution in [3.8, 4) is 0 Å². The molecule has 2 heterocycles. The van der Waals surface area contributed by atoms with Gasteiger partial charge in [-0.2, -0.15) is 0 Å². The van der Waals surface area contributed by atoms with Crippen molar-refractivity contribution in [3.05, 3.63) is 54.1 Å². The molecule has 1 aliphatic carbocycles. The van der Waals surface area contributed by atoms with Crippen LogP contribution in [0.3, 0.4) is 0 Å². The molecule has 4 heteroatoms. The topological polar surface area (TPSA) is 38.1 Å². The lowest BCUT2D eigenvalue weighted by atomic mass is 9.63. The Balaban J connectivity index is 1.49. The van der Waals surface area contributed by atoms with Gasteiger partial charge in [-0.25, -0.2) is 4.98 Å². The van der Waals surface area contributed by atoms with E-state index in [0.717, 1.165) is 51.0 Å². The molecule has 0 unspecified atom stereocenters. The molecule has 1 aromatic heterocycles. The summed E-state index contributed by atoms with van der Waals surface area (Å²) >= 11 is 0. The van der Waals surface area contributed by atoms with Gasteiger partial charge < -0.3 is 9.47 Å². The van der Waals surface area contributed by atoms with E-state index >= 15 is 0 Å². The van der Waals surface area contributed by atoms with E-state index in [1.165, 1.54) is 12.0 Å². The van der Waals surface area contributed by atoms with Crippen LogP contribution in [0.25, 0.3) is 0 Å². The molecule has 2 aliphatic rings. The van der Waals surface area contributed by atoms with Crippen molar-refractivity contribution < 1.29 is 4.79 Å². The fourth-order valence-corrected chi connectivity index (χ4v) is 4.48. The fraction of sp³-hybridized carbons (Fsp3) is 0.524. The van der Waals surface area contributed by atoms with E-state index in [2.05, 4.69) is 38.7 Å². The predicted molar refractivity (Wildman–Crippen MR) is 98.2 cm³/mol. The molecule has 25 heavy (non-hydrogen) atoms. The molecule has 2 fully saturated rings. The average Bonchev–Trinajstić information content (AvgIpc) is 3.00. The van der Waals surface area contributed by atoms with Crippen molar-refractivity contribution in [2.45, 2.75) is 43.9 Å². The molecule has 4 nitrogen and oxygen atoms in total. The first kappa shape index (κ1) is 16.4. The van der Waals surface area contributed by atoms with E-state index in [1.54, 1.807) is 0 Å². The number of likely N-dealkylation sites (tertiary alicyclic amines) is 1. The molecule has 0 bridgehead atoms. The van der Waals surface area contributed by atoms with Crippen LogP contribution in [0.4, 0.5) is 0 Å². The zero-order chi connectivity index (χ0) is 17.3. The highest BCUT2D eigenvalue weighted by atomic mass is 16.2. The summed E-state index contributed by atoms with van der Waals surface area (Å²) in [5.41, 5.74) is 0.948. The number of hydrogen-bond acceptors (Lipinski definition) is 2. The van der Waals surface area contributed by atoms with E-state index < -0.39 is 0 Å². The van der Waals surface area contributed by atoms with Crippen LogP contribution in [0.15, 0.2) is 42.7 Å². The van der Waals surface area contributed by atoms with Gasteiger partial charge in [-0.1, -0.05) is 36.8 Å². The highest BCUT2D eigenvalue weighted by Crippen LogP contribution is 2.45. The first-order valence-electron chi connectivity index (χ1n) is 9.50. The maximum absolute atomic E-state index is 13.4. The van der Waals surface area contributed by atoms with Crippen LogP contribution in [0.1, 0.15) is 43.5 Å². The number of imidazole rings is 1. The van der Waals surface area contributed by atoms with Gasteiger partial charge in [-0.15, -0.1) is 0 Å². The van der Waals surface area contributed by atoms with Crippen LogP contribution in [-0.4, -0.2) is 33.4 Å². The van der Waals surface area contributed by atoms with Gasteiger partial charge in [0.2, 0.25) is 5.91 Å². The van der Waals surface area contributed by atoms with Crippen molar-refractivity contribution in [1.29, 1.82) is 0 Å². The third-order valence-corrected chi connectivity index (χ3v) is 6.14. The van der Waals surface area contributed by atoms with Gasteiger partial charge in [0, 0.05) is 39.0 Å². The van der Waals surface area contributed by atoms with Crippen LogP contribution in [0.5, 0.6) is 0 Å². The molecule has 1 saturated carbocycles. The predicted octanol–water partition coefficient (Wildman–Crippen LogP) is 3.32. The van der Waals surface area contributed by atoms with Crippen molar-refractivity contribution in [2.75, 3.05) is 13.1 Å². The van der Waals surface area contributed by atoms with E-state index in [-0.39, 0.29) is 5.41 Å². The normalized spacial score (nSPS) is 22.4. The maximum Gasteiger partial charge on any atom is 0.233 e. The average molecular weight is 337 g/mol. The summed E-state index contributed by atoms with van der Waals surface area (Å²) in [6.45, 7) is 1.78. The van der Waals surface area contributed by atoms with Gasteiger partial charge >= 0.3 is 0 Å². The quantitative estimate of drug-likeness (QED) is 0.858. The third kappa shape index (κ3) is 2.99. The fourth-order valence-electron chi connectivity index (χ4n) is 4.48. The number of piperidine rings is 1. The van der Waals surface area contributed by atoms with Gasteiger partial charge in [0.15, 0.2) is 0 Å². The molecule has 1 saturated heterocycles. The molecular formula is C21H27N3O. The molecule has 1 atom stereocenters. The highest BCUT2D eigenvalue weighted by Gasteiger charge is 2.48. The van der Waals surface area contributed by atoms with Crippen LogP contribution >= 0.6 is 0 Å². The number of carbonyl (C=O) groups excluding carboxylic acids is 1. The Bertz CT molecular complexity index is 733. The summed E-state index contributed by atoms with van der Waals surface area (Å²) in [6, 6.07) is 10.4. The number of aryl methyl sites for hydroxylation is 1. The van der Waals surface area contributed by atoms with Crippen molar-refractivity contribution >= 4 is 5.91 Å². The van der Waals surface area contributed by atoms with E-state index in [9.17, 15) is 4.79 Å². The number of benzene rings is 1. The number of nitrogens with zero attached hydrogens (tertiary/aromatic N) is 3. The summed E-state index contributed by atoms with van der Waals surface area (Å²) < 4.78 is 2.10. The number of hydrogen-bond donors (Lipinski definition) is 0. The van der Waals surface area contributed by atoms with Gasteiger partial charge in [-0.3, -0.25) is 4.79 Å². The van der Waals surface area contributed by atoms with Crippen molar-refractivity contribution in [1.82, 2.24) is 14.5 Å². The van der Waals surface area contributed by atoms with Crippen LogP contribution in [0, 0.1) is 5.92 Å². The van der Waals surface area contributed by atoms with E-state index in [4.69, 9.17) is 0 Å². The second-order valence-corrected chi connectivity index (χ2v) is 7.72. The maximum atomic E-state index is 13.4. The lowest BCUT2D eigenvalue weighted by Crippen LogP contribution is -2.53. The first-order chi connectivity index (χ1) is 12.2. The van der Waals surface area contributed by atoms with Crippen LogP contribution in [-0.2, 0) is 23.7 Å². The molecule has 1 aromatic carbocycles. The Hall–Kier alpha value is -2.10. The summed E-state index contributed by atoms with van der Waals surface area (Å²) in [4.78, 5) is 20.0. The molecule has 0 radical (unpaired) electrons. The summed E-state index contributed by atoms with van der Waals surface area (Å²) in [5, 5.41) is 0. The SMILES string of the molecule is Cn1ccnc1C[C@@H]1CCCN(C(=O)C2(c3ccccc3)CCC2)C1. The molecule has 0 N–H and O–H groups in total. The standard InChI is InChI=1S/C21H27N3O/c1-23-14-12-22-19(23)15-17-7-5-13-24(16-17)20(25)21(10-6-11-21)18-8-3-2-4-9-18/h2-4,8-9,12,14,17H,5-7,10-11,13,15-16H2,1H3/t17-/m0/s1. The number of amides is 1. The third-order valence-electron chi connectivity index (χ3n) is 6.14. The lowest BCUT2D eigenvalue weighted by molar-refractivity contribution is -0.142. The molecule has 4 rings (SSSR count). The molecule has 0 spiro atoms. The van der Waals surface area contributed by atoms with E-state index in [1.807, 2.05) is 25.5 Å². The minimum Gasteiger partial charge on any atom is -0.342 e. The first-order valence-corrected chi connectivity index (χ1v) is 9.50. The summed E-state index contributed by atoms with van der Waals surface area (Å²) in [5.74, 6) is 2.00.